The summed E-state index contributed by atoms with van der Waals surface area (Å²) >= 11 is 0. The third-order valence-corrected chi connectivity index (χ3v) is 2.57. The summed E-state index contributed by atoms with van der Waals surface area (Å²) in [7, 11) is 0. The summed E-state index contributed by atoms with van der Waals surface area (Å²) in [5.74, 6) is 0.782. The molecule has 1 heteroatoms. The Bertz CT molecular complexity index is 253. The highest BCUT2D eigenvalue weighted by Gasteiger charge is 2.03. The van der Waals surface area contributed by atoms with E-state index in [4.69, 9.17) is 0 Å². The zero-order chi connectivity index (χ0) is 11.1. The molecule has 1 aromatic carbocycles. The van der Waals surface area contributed by atoms with Crippen LogP contribution in [0.1, 0.15) is 32.8 Å². The van der Waals surface area contributed by atoms with E-state index in [-0.39, 0.29) is 0 Å². The third kappa shape index (κ3) is 5.58. The van der Waals surface area contributed by atoms with Gasteiger partial charge in [-0.25, -0.2) is 0 Å². The van der Waals surface area contributed by atoms with Crippen LogP contribution < -0.4 is 5.32 Å². The standard InChI is InChI=1S/C14H23N/c1-12(2)11-13(3)15-10-9-14-7-5-4-6-8-14/h4-8,12-13,15H,9-11H2,1-3H3/t13-/m1/s1. The molecule has 1 atom stereocenters. The molecule has 0 aliphatic rings. The smallest absolute Gasteiger partial charge is 0.00412 e. The maximum atomic E-state index is 3.56. The van der Waals surface area contributed by atoms with Crippen LogP contribution in [-0.2, 0) is 6.42 Å². The molecule has 0 amide bonds. The summed E-state index contributed by atoms with van der Waals surface area (Å²) in [4.78, 5) is 0. The molecular formula is C14H23N. The largest absolute Gasteiger partial charge is 0.314 e. The van der Waals surface area contributed by atoms with E-state index in [2.05, 4.69) is 56.4 Å². The first-order valence-electron chi connectivity index (χ1n) is 5.96. The Balaban J connectivity index is 2.16. The van der Waals surface area contributed by atoms with E-state index in [9.17, 15) is 0 Å². The van der Waals surface area contributed by atoms with Crippen molar-refractivity contribution in [3.8, 4) is 0 Å². The second kappa shape index (κ2) is 6.62. The second-order valence-corrected chi connectivity index (χ2v) is 4.72. The maximum Gasteiger partial charge on any atom is 0.00412 e. The lowest BCUT2D eigenvalue weighted by Crippen LogP contribution is -2.29. The minimum Gasteiger partial charge on any atom is -0.314 e. The summed E-state index contributed by atoms with van der Waals surface area (Å²) in [6.45, 7) is 7.90. The topological polar surface area (TPSA) is 12.0 Å². The molecule has 0 aliphatic heterocycles. The normalized spacial score (nSPS) is 13.1. The monoisotopic (exact) mass is 205 g/mol. The fourth-order valence-corrected chi connectivity index (χ4v) is 1.90. The average Bonchev–Trinajstić information content (AvgIpc) is 2.18. The molecule has 1 aromatic rings. The Morgan fingerprint density at radius 3 is 2.33 bits per heavy atom. The number of hydrogen-bond acceptors (Lipinski definition) is 1. The van der Waals surface area contributed by atoms with Gasteiger partial charge in [0.05, 0.1) is 0 Å². The molecule has 84 valence electrons. The molecule has 0 saturated carbocycles. The molecule has 1 nitrogen and oxygen atoms in total. The van der Waals surface area contributed by atoms with Crippen molar-refractivity contribution in [2.24, 2.45) is 5.92 Å². The Morgan fingerprint density at radius 2 is 1.73 bits per heavy atom. The zero-order valence-corrected chi connectivity index (χ0v) is 10.2. The van der Waals surface area contributed by atoms with Gasteiger partial charge in [0.2, 0.25) is 0 Å². The van der Waals surface area contributed by atoms with Crippen molar-refractivity contribution in [2.45, 2.75) is 39.7 Å². The minimum absolute atomic E-state index is 0.633. The summed E-state index contributed by atoms with van der Waals surface area (Å²) in [5.41, 5.74) is 1.42. The van der Waals surface area contributed by atoms with Gasteiger partial charge in [-0.3, -0.25) is 0 Å². The van der Waals surface area contributed by atoms with E-state index in [0.29, 0.717) is 6.04 Å². The van der Waals surface area contributed by atoms with Crippen molar-refractivity contribution in [3.05, 3.63) is 35.9 Å². The van der Waals surface area contributed by atoms with Gasteiger partial charge < -0.3 is 5.32 Å². The van der Waals surface area contributed by atoms with Crippen LogP contribution in [0.5, 0.6) is 0 Å². The number of benzene rings is 1. The van der Waals surface area contributed by atoms with Gasteiger partial charge in [0.25, 0.3) is 0 Å². The maximum absolute atomic E-state index is 3.56. The van der Waals surface area contributed by atoms with E-state index < -0.39 is 0 Å². The lowest BCUT2D eigenvalue weighted by molar-refractivity contribution is 0.445. The minimum atomic E-state index is 0.633. The van der Waals surface area contributed by atoms with Gasteiger partial charge in [-0.1, -0.05) is 44.2 Å². The molecule has 0 saturated heterocycles. The first kappa shape index (κ1) is 12.3. The molecule has 0 fully saturated rings. The van der Waals surface area contributed by atoms with Gasteiger partial charge in [-0.15, -0.1) is 0 Å². The highest BCUT2D eigenvalue weighted by atomic mass is 14.9. The van der Waals surface area contributed by atoms with E-state index >= 15 is 0 Å². The van der Waals surface area contributed by atoms with E-state index in [1.54, 1.807) is 0 Å². The Labute approximate surface area is 93.9 Å². The fraction of sp³-hybridized carbons (Fsp3) is 0.571. The molecule has 1 rings (SSSR count). The van der Waals surface area contributed by atoms with Crippen molar-refractivity contribution < 1.29 is 0 Å². The van der Waals surface area contributed by atoms with Crippen molar-refractivity contribution in [1.82, 2.24) is 5.32 Å². The van der Waals surface area contributed by atoms with E-state index in [1.165, 1.54) is 12.0 Å². The Morgan fingerprint density at radius 1 is 1.07 bits per heavy atom. The van der Waals surface area contributed by atoms with Gasteiger partial charge in [-0.05, 0) is 37.8 Å². The summed E-state index contributed by atoms with van der Waals surface area (Å²) < 4.78 is 0. The molecule has 0 aliphatic carbocycles. The van der Waals surface area contributed by atoms with Gasteiger partial charge in [0.1, 0.15) is 0 Å². The van der Waals surface area contributed by atoms with Gasteiger partial charge >= 0.3 is 0 Å². The Hall–Kier alpha value is -0.820. The molecule has 0 bridgehead atoms. The predicted octanol–water partition coefficient (Wildman–Crippen LogP) is 3.25. The SMILES string of the molecule is CC(C)C[C@@H](C)NCCc1ccccc1. The van der Waals surface area contributed by atoms with Crippen molar-refractivity contribution in [1.29, 1.82) is 0 Å². The molecule has 0 unspecified atom stereocenters. The molecule has 1 N–H and O–H groups in total. The number of hydrogen-bond donors (Lipinski definition) is 1. The van der Waals surface area contributed by atoms with Crippen molar-refractivity contribution in [2.75, 3.05) is 6.54 Å². The van der Waals surface area contributed by atoms with Crippen LogP contribution in [0, 0.1) is 5.92 Å². The molecule has 15 heavy (non-hydrogen) atoms. The number of rotatable bonds is 6. The van der Waals surface area contributed by atoms with Crippen LogP contribution in [0.4, 0.5) is 0 Å². The highest BCUT2D eigenvalue weighted by molar-refractivity contribution is 5.14. The van der Waals surface area contributed by atoms with Gasteiger partial charge in [0, 0.05) is 6.04 Å². The van der Waals surface area contributed by atoms with Crippen molar-refractivity contribution in [3.63, 3.8) is 0 Å². The molecule has 0 heterocycles. The van der Waals surface area contributed by atoms with E-state index in [0.717, 1.165) is 18.9 Å². The lowest BCUT2D eigenvalue weighted by atomic mass is 10.1. The molecular weight excluding hydrogens is 182 g/mol. The van der Waals surface area contributed by atoms with E-state index in [1.807, 2.05) is 0 Å². The lowest BCUT2D eigenvalue weighted by Gasteiger charge is -2.15. The molecule has 0 radical (unpaired) electrons. The van der Waals surface area contributed by atoms with Crippen LogP contribution in [0.15, 0.2) is 30.3 Å². The molecule has 0 spiro atoms. The average molecular weight is 205 g/mol. The first-order chi connectivity index (χ1) is 7.18. The van der Waals surface area contributed by atoms with Crippen LogP contribution in [0.25, 0.3) is 0 Å². The highest BCUT2D eigenvalue weighted by Crippen LogP contribution is 2.04. The van der Waals surface area contributed by atoms with Crippen LogP contribution in [0.3, 0.4) is 0 Å². The third-order valence-electron chi connectivity index (χ3n) is 2.57. The van der Waals surface area contributed by atoms with Crippen molar-refractivity contribution >= 4 is 0 Å². The van der Waals surface area contributed by atoms with Gasteiger partial charge in [-0.2, -0.15) is 0 Å². The summed E-state index contributed by atoms with van der Waals surface area (Å²) in [5, 5.41) is 3.56. The van der Waals surface area contributed by atoms with Crippen LogP contribution >= 0.6 is 0 Å². The van der Waals surface area contributed by atoms with Crippen LogP contribution in [-0.4, -0.2) is 12.6 Å². The first-order valence-corrected chi connectivity index (χ1v) is 5.96. The number of nitrogens with one attached hydrogen (secondary N) is 1. The quantitative estimate of drug-likeness (QED) is 0.751. The predicted molar refractivity (Wildman–Crippen MR) is 67.1 cm³/mol. The molecule has 0 aromatic heterocycles. The summed E-state index contributed by atoms with van der Waals surface area (Å²) in [6, 6.07) is 11.3. The van der Waals surface area contributed by atoms with Crippen LogP contribution in [0.2, 0.25) is 0 Å². The second-order valence-electron chi connectivity index (χ2n) is 4.72. The van der Waals surface area contributed by atoms with Gasteiger partial charge in [0.15, 0.2) is 0 Å². The zero-order valence-electron chi connectivity index (χ0n) is 10.2. The Kier molecular flexibility index (Phi) is 5.41. The fourth-order valence-electron chi connectivity index (χ4n) is 1.90. The summed E-state index contributed by atoms with van der Waals surface area (Å²) in [6.07, 6.45) is 2.39.